The highest BCUT2D eigenvalue weighted by Crippen LogP contribution is 2.21. The standard InChI is InChI=1S/C9H12IN/c1-3-7-4-6(2)9(11)8(10)5-7/h4-5H,3,11H2,1-2H3. The lowest BCUT2D eigenvalue weighted by Crippen LogP contribution is -1.95. The molecule has 0 saturated heterocycles. The highest BCUT2D eigenvalue weighted by molar-refractivity contribution is 14.1. The average Bonchev–Trinajstić information content (AvgIpc) is 1.99. The number of halogens is 1. The van der Waals surface area contributed by atoms with E-state index < -0.39 is 0 Å². The fourth-order valence-corrected chi connectivity index (χ4v) is 1.86. The van der Waals surface area contributed by atoms with E-state index in [1.54, 1.807) is 0 Å². The molecule has 1 aromatic rings. The molecule has 0 aliphatic rings. The molecule has 0 fully saturated rings. The minimum absolute atomic E-state index is 0.919. The first-order chi connectivity index (χ1) is 5.15. The number of aryl methyl sites for hydroxylation is 2. The molecule has 1 aromatic carbocycles. The van der Waals surface area contributed by atoms with Gasteiger partial charge in [0.05, 0.1) is 0 Å². The van der Waals surface area contributed by atoms with Gasteiger partial charge < -0.3 is 5.73 Å². The zero-order chi connectivity index (χ0) is 8.43. The first kappa shape index (κ1) is 8.84. The molecule has 0 unspecified atom stereocenters. The predicted molar refractivity (Wildman–Crippen MR) is 57.7 cm³/mol. The molecule has 60 valence electrons. The number of nitrogen functional groups attached to an aromatic ring is 1. The summed E-state index contributed by atoms with van der Waals surface area (Å²) in [5.41, 5.74) is 9.27. The van der Waals surface area contributed by atoms with Crippen LogP contribution in [0.1, 0.15) is 18.1 Å². The summed E-state index contributed by atoms with van der Waals surface area (Å²) >= 11 is 2.27. The Morgan fingerprint density at radius 3 is 2.55 bits per heavy atom. The highest BCUT2D eigenvalue weighted by Gasteiger charge is 2.00. The van der Waals surface area contributed by atoms with Crippen molar-refractivity contribution >= 4 is 28.3 Å². The van der Waals surface area contributed by atoms with Crippen LogP contribution < -0.4 is 5.73 Å². The fourth-order valence-electron chi connectivity index (χ4n) is 1.03. The van der Waals surface area contributed by atoms with E-state index in [2.05, 4.69) is 48.6 Å². The van der Waals surface area contributed by atoms with E-state index in [4.69, 9.17) is 5.73 Å². The molecule has 0 heterocycles. The molecule has 0 aliphatic carbocycles. The molecular weight excluding hydrogens is 249 g/mol. The van der Waals surface area contributed by atoms with Crippen molar-refractivity contribution in [2.75, 3.05) is 5.73 Å². The molecule has 0 spiro atoms. The zero-order valence-corrected chi connectivity index (χ0v) is 8.97. The van der Waals surface area contributed by atoms with Gasteiger partial charge in [-0.25, -0.2) is 0 Å². The van der Waals surface area contributed by atoms with Crippen LogP contribution in [0.15, 0.2) is 12.1 Å². The van der Waals surface area contributed by atoms with E-state index in [0.29, 0.717) is 0 Å². The summed E-state index contributed by atoms with van der Waals surface area (Å²) in [6.45, 7) is 4.21. The predicted octanol–water partition coefficient (Wildman–Crippen LogP) is 2.74. The molecule has 1 nitrogen and oxygen atoms in total. The third-order valence-electron chi connectivity index (χ3n) is 1.80. The van der Waals surface area contributed by atoms with Gasteiger partial charge in [-0.1, -0.05) is 13.0 Å². The molecule has 0 atom stereocenters. The third kappa shape index (κ3) is 1.86. The second-order valence-electron chi connectivity index (χ2n) is 2.66. The van der Waals surface area contributed by atoms with Gasteiger partial charge in [-0.2, -0.15) is 0 Å². The highest BCUT2D eigenvalue weighted by atomic mass is 127. The van der Waals surface area contributed by atoms with E-state index >= 15 is 0 Å². The molecule has 2 heteroatoms. The number of hydrogen-bond donors (Lipinski definition) is 1. The Labute approximate surface area is 81.1 Å². The number of nitrogens with two attached hydrogens (primary N) is 1. The van der Waals surface area contributed by atoms with E-state index in [-0.39, 0.29) is 0 Å². The van der Waals surface area contributed by atoms with Crippen LogP contribution in [0.4, 0.5) is 5.69 Å². The maximum absolute atomic E-state index is 5.80. The summed E-state index contributed by atoms with van der Waals surface area (Å²) in [6.07, 6.45) is 1.08. The second kappa shape index (κ2) is 3.43. The Morgan fingerprint density at radius 2 is 2.09 bits per heavy atom. The van der Waals surface area contributed by atoms with Crippen LogP contribution in [0.2, 0.25) is 0 Å². The minimum Gasteiger partial charge on any atom is -0.398 e. The molecule has 1 rings (SSSR count). The Hall–Kier alpha value is -0.250. The smallest absolute Gasteiger partial charge is 0.0479 e. The van der Waals surface area contributed by atoms with Gasteiger partial charge in [-0.05, 0) is 53.1 Å². The fraction of sp³-hybridized carbons (Fsp3) is 0.333. The topological polar surface area (TPSA) is 26.0 Å². The van der Waals surface area contributed by atoms with Gasteiger partial charge in [0.1, 0.15) is 0 Å². The minimum atomic E-state index is 0.919. The summed E-state index contributed by atoms with van der Waals surface area (Å²) in [4.78, 5) is 0. The lowest BCUT2D eigenvalue weighted by atomic mass is 10.1. The quantitative estimate of drug-likeness (QED) is 0.610. The molecule has 0 aromatic heterocycles. The summed E-state index contributed by atoms with van der Waals surface area (Å²) in [5, 5.41) is 0. The summed E-state index contributed by atoms with van der Waals surface area (Å²) in [7, 11) is 0. The van der Waals surface area contributed by atoms with E-state index in [9.17, 15) is 0 Å². The van der Waals surface area contributed by atoms with Crippen molar-refractivity contribution in [2.45, 2.75) is 20.3 Å². The van der Waals surface area contributed by atoms with E-state index in [0.717, 1.165) is 12.1 Å². The monoisotopic (exact) mass is 261 g/mol. The van der Waals surface area contributed by atoms with E-state index in [1.165, 1.54) is 14.7 Å². The van der Waals surface area contributed by atoms with Crippen LogP contribution in [0.3, 0.4) is 0 Å². The molecule has 0 saturated carbocycles. The maximum Gasteiger partial charge on any atom is 0.0479 e. The molecule has 0 amide bonds. The largest absolute Gasteiger partial charge is 0.398 e. The van der Waals surface area contributed by atoms with Gasteiger partial charge in [0.25, 0.3) is 0 Å². The van der Waals surface area contributed by atoms with Crippen molar-refractivity contribution < 1.29 is 0 Å². The third-order valence-corrected chi connectivity index (χ3v) is 2.70. The molecule has 2 N–H and O–H groups in total. The average molecular weight is 261 g/mol. The van der Waals surface area contributed by atoms with Crippen LogP contribution in [-0.4, -0.2) is 0 Å². The molecule has 0 bridgehead atoms. The van der Waals surface area contributed by atoms with Gasteiger partial charge in [0, 0.05) is 9.26 Å². The molecular formula is C9H12IN. The maximum atomic E-state index is 5.80. The first-order valence-corrected chi connectivity index (χ1v) is 4.77. The lowest BCUT2D eigenvalue weighted by molar-refractivity contribution is 1.13. The van der Waals surface area contributed by atoms with Crippen molar-refractivity contribution in [3.8, 4) is 0 Å². The van der Waals surface area contributed by atoms with Crippen LogP contribution in [-0.2, 0) is 6.42 Å². The number of anilines is 1. The molecule has 11 heavy (non-hydrogen) atoms. The molecule has 0 aliphatic heterocycles. The summed E-state index contributed by atoms with van der Waals surface area (Å²) in [5.74, 6) is 0. The van der Waals surface area contributed by atoms with E-state index in [1.807, 2.05) is 0 Å². The van der Waals surface area contributed by atoms with Gasteiger partial charge in [-0.15, -0.1) is 0 Å². The van der Waals surface area contributed by atoms with Crippen LogP contribution in [0.5, 0.6) is 0 Å². The van der Waals surface area contributed by atoms with Crippen molar-refractivity contribution in [1.29, 1.82) is 0 Å². The van der Waals surface area contributed by atoms with Crippen LogP contribution in [0.25, 0.3) is 0 Å². The van der Waals surface area contributed by atoms with Crippen molar-refractivity contribution in [1.82, 2.24) is 0 Å². The Morgan fingerprint density at radius 1 is 1.45 bits per heavy atom. The van der Waals surface area contributed by atoms with Gasteiger partial charge in [-0.3, -0.25) is 0 Å². The normalized spacial score (nSPS) is 10.1. The van der Waals surface area contributed by atoms with Gasteiger partial charge in [0.2, 0.25) is 0 Å². The van der Waals surface area contributed by atoms with Crippen molar-refractivity contribution in [2.24, 2.45) is 0 Å². The van der Waals surface area contributed by atoms with Gasteiger partial charge in [0.15, 0.2) is 0 Å². The lowest BCUT2D eigenvalue weighted by Gasteiger charge is -2.05. The summed E-state index contributed by atoms with van der Waals surface area (Å²) in [6, 6.07) is 4.29. The first-order valence-electron chi connectivity index (χ1n) is 3.69. The SMILES string of the molecule is CCc1cc(C)c(N)c(I)c1. The molecule has 0 radical (unpaired) electrons. The van der Waals surface area contributed by atoms with Crippen LogP contribution in [0, 0.1) is 10.5 Å². The number of rotatable bonds is 1. The zero-order valence-electron chi connectivity index (χ0n) is 6.82. The summed E-state index contributed by atoms with van der Waals surface area (Å²) < 4.78 is 1.17. The number of hydrogen-bond acceptors (Lipinski definition) is 1. The number of benzene rings is 1. The Bertz CT molecular complexity index is 245. The Kier molecular flexibility index (Phi) is 2.76. The van der Waals surface area contributed by atoms with Crippen LogP contribution >= 0.6 is 22.6 Å². The van der Waals surface area contributed by atoms with Crippen molar-refractivity contribution in [3.05, 3.63) is 26.8 Å². The van der Waals surface area contributed by atoms with Crippen molar-refractivity contribution in [3.63, 3.8) is 0 Å². The second-order valence-corrected chi connectivity index (χ2v) is 3.82. The van der Waals surface area contributed by atoms with Gasteiger partial charge >= 0.3 is 0 Å². The Balaban J connectivity index is 3.21.